The Morgan fingerprint density at radius 3 is 2.75 bits per heavy atom. The first-order valence-electron chi connectivity index (χ1n) is 6.72. The fraction of sp³-hybridized carbons (Fsp3) is 0.500. The van der Waals surface area contributed by atoms with Gasteiger partial charge in [-0.05, 0) is 32.3 Å². The SMILES string of the molecule is CCC1CCC(C)N1C(=O)c1ccc([N+](=O)[O-])cc1Cl. The van der Waals surface area contributed by atoms with Crippen LogP contribution in [0.1, 0.15) is 43.5 Å². The number of hydrogen-bond acceptors (Lipinski definition) is 3. The lowest BCUT2D eigenvalue weighted by atomic mass is 10.1. The number of amides is 1. The molecule has 1 aliphatic heterocycles. The van der Waals surface area contributed by atoms with E-state index in [2.05, 4.69) is 6.92 Å². The third-order valence-electron chi connectivity index (χ3n) is 3.89. The number of benzene rings is 1. The molecule has 1 aromatic rings. The summed E-state index contributed by atoms with van der Waals surface area (Å²) in [4.78, 5) is 24.6. The lowest BCUT2D eigenvalue weighted by Gasteiger charge is -2.28. The van der Waals surface area contributed by atoms with Gasteiger partial charge in [-0.1, -0.05) is 18.5 Å². The molecule has 0 bridgehead atoms. The van der Waals surface area contributed by atoms with E-state index in [9.17, 15) is 14.9 Å². The van der Waals surface area contributed by atoms with Gasteiger partial charge in [-0.15, -0.1) is 0 Å². The van der Waals surface area contributed by atoms with Gasteiger partial charge < -0.3 is 4.90 Å². The molecule has 1 saturated heterocycles. The quantitative estimate of drug-likeness (QED) is 0.632. The van der Waals surface area contributed by atoms with E-state index >= 15 is 0 Å². The van der Waals surface area contributed by atoms with Crippen LogP contribution in [-0.4, -0.2) is 27.8 Å². The summed E-state index contributed by atoms with van der Waals surface area (Å²) < 4.78 is 0. The Bertz CT molecular complexity index is 547. The molecule has 108 valence electrons. The fourth-order valence-electron chi connectivity index (χ4n) is 2.77. The zero-order valence-electron chi connectivity index (χ0n) is 11.5. The minimum atomic E-state index is -0.520. The first-order chi connectivity index (χ1) is 9.45. The number of nitro benzene ring substituents is 1. The largest absolute Gasteiger partial charge is 0.333 e. The summed E-state index contributed by atoms with van der Waals surface area (Å²) in [7, 11) is 0. The van der Waals surface area contributed by atoms with Gasteiger partial charge in [0.2, 0.25) is 0 Å². The second kappa shape index (κ2) is 5.79. The number of hydrogen-bond donors (Lipinski definition) is 0. The number of carbonyl (C=O) groups excluding carboxylic acids is 1. The highest BCUT2D eigenvalue weighted by atomic mass is 35.5. The van der Waals surface area contributed by atoms with Crippen LogP contribution < -0.4 is 0 Å². The summed E-state index contributed by atoms with van der Waals surface area (Å²) in [6, 6.07) is 4.40. The molecule has 1 heterocycles. The van der Waals surface area contributed by atoms with Crippen LogP contribution in [0.2, 0.25) is 5.02 Å². The van der Waals surface area contributed by atoms with E-state index in [1.165, 1.54) is 18.2 Å². The minimum absolute atomic E-state index is 0.104. The lowest BCUT2D eigenvalue weighted by Crippen LogP contribution is -2.39. The topological polar surface area (TPSA) is 63.5 Å². The molecule has 2 rings (SSSR count). The molecule has 0 radical (unpaired) electrons. The van der Waals surface area contributed by atoms with Crippen molar-refractivity contribution in [1.29, 1.82) is 0 Å². The third kappa shape index (κ3) is 2.63. The van der Waals surface area contributed by atoms with Gasteiger partial charge in [0.1, 0.15) is 0 Å². The molecule has 0 N–H and O–H groups in total. The molecule has 5 nitrogen and oxygen atoms in total. The molecule has 1 fully saturated rings. The average molecular weight is 297 g/mol. The van der Waals surface area contributed by atoms with Crippen LogP contribution in [0.5, 0.6) is 0 Å². The van der Waals surface area contributed by atoms with Crippen molar-refractivity contribution in [1.82, 2.24) is 4.90 Å². The average Bonchev–Trinajstić information content (AvgIpc) is 2.78. The Labute approximate surface area is 122 Å². The van der Waals surface area contributed by atoms with Crippen molar-refractivity contribution in [2.75, 3.05) is 0 Å². The number of nitro groups is 1. The van der Waals surface area contributed by atoms with Gasteiger partial charge in [0.15, 0.2) is 0 Å². The minimum Gasteiger partial charge on any atom is -0.333 e. The van der Waals surface area contributed by atoms with Crippen LogP contribution in [-0.2, 0) is 0 Å². The monoisotopic (exact) mass is 296 g/mol. The fourth-order valence-corrected chi connectivity index (χ4v) is 3.02. The van der Waals surface area contributed by atoms with Crippen LogP contribution in [0, 0.1) is 10.1 Å². The van der Waals surface area contributed by atoms with E-state index in [4.69, 9.17) is 11.6 Å². The molecule has 20 heavy (non-hydrogen) atoms. The van der Waals surface area contributed by atoms with E-state index < -0.39 is 4.92 Å². The maximum atomic E-state index is 12.6. The molecule has 1 amide bonds. The summed E-state index contributed by atoms with van der Waals surface area (Å²) in [5.74, 6) is -0.137. The molecule has 1 aromatic carbocycles. The summed E-state index contributed by atoms with van der Waals surface area (Å²) in [5, 5.41) is 10.8. The standard InChI is InChI=1S/C14H17ClN2O3/c1-3-10-5-4-9(2)16(10)14(18)12-7-6-11(17(19)20)8-13(12)15/h6-10H,3-5H2,1-2H3. The molecule has 0 spiro atoms. The highest BCUT2D eigenvalue weighted by Crippen LogP contribution is 2.30. The Morgan fingerprint density at radius 1 is 1.50 bits per heavy atom. The third-order valence-corrected chi connectivity index (χ3v) is 4.20. The van der Waals surface area contributed by atoms with Crippen molar-refractivity contribution >= 4 is 23.2 Å². The molecular weight excluding hydrogens is 280 g/mol. The van der Waals surface area contributed by atoms with Crippen LogP contribution in [0.4, 0.5) is 5.69 Å². The lowest BCUT2D eigenvalue weighted by molar-refractivity contribution is -0.384. The molecule has 6 heteroatoms. The Morgan fingerprint density at radius 2 is 2.20 bits per heavy atom. The van der Waals surface area contributed by atoms with Gasteiger partial charge in [-0.3, -0.25) is 14.9 Å². The van der Waals surface area contributed by atoms with Crippen LogP contribution >= 0.6 is 11.6 Å². The second-order valence-corrected chi connectivity index (χ2v) is 5.53. The molecule has 2 unspecified atom stereocenters. The second-order valence-electron chi connectivity index (χ2n) is 5.12. The van der Waals surface area contributed by atoms with Gasteiger partial charge in [0, 0.05) is 24.2 Å². The number of halogens is 1. The number of nitrogens with zero attached hydrogens (tertiary/aromatic N) is 2. The number of carbonyl (C=O) groups is 1. The molecule has 0 aliphatic carbocycles. The maximum absolute atomic E-state index is 12.6. The maximum Gasteiger partial charge on any atom is 0.270 e. The number of non-ortho nitro benzene ring substituents is 1. The van der Waals surface area contributed by atoms with Gasteiger partial charge >= 0.3 is 0 Å². The highest BCUT2D eigenvalue weighted by Gasteiger charge is 2.34. The summed E-state index contributed by atoms with van der Waals surface area (Å²) in [5.41, 5.74) is 0.234. The first-order valence-corrected chi connectivity index (χ1v) is 7.10. The van der Waals surface area contributed by atoms with E-state index in [-0.39, 0.29) is 28.7 Å². The van der Waals surface area contributed by atoms with Crippen molar-refractivity contribution in [3.8, 4) is 0 Å². The molecule has 2 atom stereocenters. The van der Waals surface area contributed by atoms with Crippen molar-refractivity contribution in [2.24, 2.45) is 0 Å². The van der Waals surface area contributed by atoms with Crippen molar-refractivity contribution < 1.29 is 9.72 Å². The van der Waals surface area contributed by atoms with Crippen LogP contribution in [0.25, 0.3) is 0 Å². The van der Waals surface area contributed by atoms with Crippen LogP contribution in [0.15, 0.2) is 18.2 Å². The van der Waals surface area contributed by atoms with E-state index in [0.29, 0.717) is 5.56 Å². The van der Waals surface area contributed by atoms with Gasteiger partial charge in [-0.2, -0.15) is 0 Å². The normalized spacial score (nSPS) is 22.1. The van der Waals surface area contributed by atoms with Crippen molar-refractivity contribution in [2.45, 2.75) is 45.2 Å². The van der Waals surface area contributed by atoms with Gasteiger partial charge in [-0.25, -0.2) is 0 Å². The van der Waals surface area contributed by atoms with Crippen molar-refractivity contribution in [3.05, 3.63) is 38.9 Å². The predicted molar refractivity (Wildman–Crippen MR) is 77.1 cm³/mol. The Balaban J connectivity index is 2.31. The van der Waals surface area contributed by atoms with Gasteiger partial charge in [0.25, 0.3) is 11.6 Å². The zero-order valence-corrected chi connectivity index (χ0v) is 12.3. The smallest absolute Gasteiger partial charge is 0.270 e. The molecule has 0 saturated carbocycles. The summed E-state index contributed by atoms with van der Waals surface area (Å²) in [6.45, 7) is 4.08. The first kappa shape index (κ1) is 14.8. The molecular formula is C14H17ClN2O3. The number of rotatable bonds is 3. The summed E-state index contributed by atoms with van der Waals surface area (Å²) in [6.07, 6.45) is 2.88. The zero-order chi connectivity index (χ0) is 14.9. The van der Waals surface area contributed by atoms with Crippen molar-refractivity contribution in [3.63, 3.8) is 0 Å². The molecule has 0 aromatic heterocycles. The Kier molecular flexibility index (Phi) is 4.28. The van der Waals surface area contributed by atoms with Crippen LogP contribution in [0.3, 0.4) is 0 Å². The number of likely N-dealkylation sites (tertiary alicyclic amines) is 1. The van der Waals surface area contributed by atoms with E-state index in [1.807, 2.05) is 11.8 Å². The van der Waals surface area contributed by atoms with E-state index in [0.717, 1.165) is 19.3 Å². The highest BCUT2D eigenvalue weighted by molar-refractivity contribution is 6.34. The molecule has 1 aliphatic rings. The van der Waals surface area contributed by atoms with Gasteiger partial charge in [0.05, 0.1) is 15.5 Å². The van der Waals surface area contributed by atoms with E-state index in [1.54, 1.807) is 0 Å². The summed E-state index contributed by atoms with van der Waals surface area (Å²) >= 11 is 6.03. The predicted octanol–water partition coefficient (Wildman–Crippen LogP) is 3.65. The Hall–Kier alpha value is -1.62.